The molecule has 1 heterocycles. The highest BCUT2D eigenvalue weighted by molar-refractivity contribution is 8.00. The second-order valence-corrected chi connectivity index (χ2v) is 8.10. The Kier molecular flexibility index (Phi) is 5.17. The van der Waals surface area contributed by atoms with Crippen LogP contribution in [0.5, 0.6) is 0 Å². The third-order valence-corrected chi connectivity index (χ3v) is 6.21. The molecule has 112 valence electrons. The maximum absolute atomic E-state index is 12.0. The first-order valence-electron chi connectivity index (χ1n) is 6.71. The summed E-state index contributed by atoms with van der Waals surface area (Å²) in [7, 11) is -2.10. The van der Waals surface area contributed by atoms with E-state index in [1.807, 2.05) is 11.8 Å². The van der Waals surface area contributed by atoms with Crippen molar-refractivity contribution in [3.05, 3.63) is 18.2 Å². The number of hydrogen-bond donors (Lipinski definition) is 3. The summed E-state index contributed by atoms with van der Waals surface area (Å²) >= 11 is 1.95. The minimum absolute atomic E-state index is 0.209. The first-order valence-corrected chi connectivity index (χ1v) is 9.24. The van der Waals surface area contributed by atoms with E-state index in [0.29, 0.717) is 16.6 Å². The summed E-state index contributed by atoms with van der Waals surface area (Å²) in [4.78, 5) is 0.209. The van der Waals surface area contributed by atoms with Gasteiger partial charge in [0.15, 0.2) is 0 Å². The molecule has 0 aliphatic carbocycles. The Balaban J connectivity index is 2.14. The van der Waals surface area contributed by atoms with Gasteiger partial charge in [0, 0.05) is 17.5 Å². The van der Waals surface area contributed by atoms with Crippen LogP contribution in [0.2, 0.25) is 0 Å². The summed E-state index contributed by atoms with van der Waals surface area (Å²) in [6.07, 6.45) is 3.71. The zero-order valence-electron chi connectivity index (χ0n) is 11.6. The van der Waals surface area contributed by atoms with Crippen molar-refractivity contribution in [2.45, 2.75) is 29.4 Å². The molecule has 0 spiro atoms. The van der Waals surface area contributed by atoms with Crippen LogP contribution in [-0.4, -0.2) is 33.0 Å². The number of hydrogen-bond acceptors (Lipinski definition) is 5. The maximum Gasteiger partial charge on any atom is 0.242 e. The summed E-state index contributed by atoms with van der Waals surface area (Å²) in [5.41, 5.74) is 6.75. The average molecular weight is 315 g/mol. The Morgan fingerprint density at radius 1 is 1.40 bits per heavy atom. The zero-order valence-corrected chi connectivity index (χ0v) is 13.2. The summed E-state index contributed by atoms with van der Waals surface area (Å²) in [5.74, 6) is 1.19. The maximum atomic E-state index is 12.0. The Morgan fingerprint density at radius 2 is 2.20 bits per heavy atom. The van der Waals surface area contributed by atoms with Crippen LogP contribution in [0.15, 0.2) is 23.1 Å². The highest BCUT2D eigenvalue weighted by Crippen LogP contribution is 2.27. The van der Waals surface area contributed by atoms with E-state index in [1.165, 1.54) is 38.1 Å². The van der Waals surface area contributed by atoms with Gasteiger partial charge in [-0.15, -0.1) is 0 Å². The fraction of sp³-hybridized carbons (Fsp3) is 0.538. The molecule has 0 bridgehead atoms. The van der Waals surface area contributed by atoms with Crippen molar-refractivity contribution >= 4 is 33.2 Å². The Morgan fingerprint density at radius 3 is 2.85 bits per heavy atom. The minimum atomic E-state index is -3.50. The third kappa shape index (κ3) is 3.80. The van der Waals surface area contributed by atoms with Crippen molar-refractivity contribution in [1.82, 2.24) is 4.72 Å². The first kappa shape index (κ1) is 15.5. The molecule has 1 aromatic carbocycles. The molecule has 1 aliphatic rings. The Hall–Kier alpha value is -0.920. The van der Waals surface area contributed by atoms with Crippen LogP contribution >= 0.6 is 11.8 Å². The zero-order chi connectivity index (χ0) is 14.6. The summed E-state index contributed by atoms with van der Waals surface area (Å²) in [6, 6.07) is 4.93. The van der Waals surface area contributed by atoms with E-state index in [-0.39, 0.29) is 4.90 Å². The van der Waals surface area contributed by atoms with Crippen molar-refractivity contribution in [2.75, 3.05) is 30.4 Å². The molecule has 7 heteroatoms. The highest BCUT2D eigenvalue weighted by Gasteiger charge is 2.19. The lowest BCUT2D eigenvalue weighted by molar-refractivity contribution is 0.588. The van der Waals surface area contributed by atoms with Crippen LogP contribution in [0.25, 0.3) is 0 Å². The molecule has 0 saturated carbocycles. The molecule has 1 fully saturated rings. The number of sulfonamides is 1. The van der Waals surface area contributed by atoms with E-state index in [9.17, 15) is 8.42 Å². The fourth-order valence-corrected chi connectivity index (χ4v) is 4.39. The van der Waals surface area contributed by atoms with Gasteiger partial charge in [0.25, 0.3) is 0 Å². The van der Waals surface area contributed by atoms with Crippen LogP contribution in [-0.2, 0) is 10.0 Å². The van der Waals surface area contributed by atoms with Crippen LogP contribution in [0.1, 0.15) is 19.3 Å². The van der Waals surface area contributed by atoms with Gasteiger partial charge in [-0.3, -0.25) is 0 Å². The number of nitrogens with two attached hydrogens (primary N) is 1. The summed E-state index contributed by atoms with van der Waals surface area (Å²) in [5, 5.41) is 3.80. The predicted octanol–water partition coefficient (Wildman–Crippen LogP) is 1.87. The van der Waals surface area contributed by atoms with Gasteiger partial charge >= 0.3 is 0 Å². The number of benzene rings is 1. The first-order chi connectivity index (χ1) is 9.53. The van der Waals surface area contributed by atoms with E-state index in [1.54, 1.807) is 12.1 Å². The molecule has 4 N–H and O–H groups in total. The van der Waals surface area contributed by atoms with Crippen molar-refractivity contribution in [1.29, 1.82) is 0 Å². The van der Waals surface area contributed by atoms with Crippen LogP contribution in [0, 0.1) is 0 Å². The van der Waals surface area contributed by atoms with E-state index in [0.717, 1.165) is 6.54 Å². The number of nitrogen functional groups attached to an aromatic ring is 1. The predicted molar refractivity (Wildman–Crippen MR) is 85.7 cm³/mol. The topological polar surface area (TPSA) is 84.2 Å². The molecular formula is C13H21N3O2S2. The average Bonchev–Trinajstić information content (AvgIpc) is 2.47. The molecular weight excluding hydrogens is 294 g/mol. The molecule has 0 amide bonds. The highest BCUT2D eigenvalue weighted by atomic mass is 32.2. The van der Waals surface area contributed by atoms with Gasteiger partial charge in [0.2, 0.25) is 10.0 Å². The molecule has 0 radical (unpaired) electrons. The van der Waals surface area contributed by atoms with Gasteiger partial charge in [-0.05, 0) is 43.8 Å². The number of anilines is 2. The van der Waals surface area contributed by atoms with E-state index in [4.69, 9.17) is 5.73 Å². The van der Waals surface area contributed by atoms with Gasteiger partial charge in [-0.2, -0.15) is 11.8 Å². The van der Waals surface area contributed by atoms with Crippen LogP contribution in [0.3, 0.4) is 0 Å². The molecule has 5 nitrogen and oxygen atoms in total. The van der Waals surface area contributed by atoms with Gasteiger partial charge in [0.05, 0.1) is 5.69 Å². The van der Waals surface area contributed by atoms with Crippen molar-refractivity contribution in [3.63, 3.8) is 0 Å². The van der Waals surface area contributed by atoms with E-state index < -0.39 is 10.0 Å². The summed E-state index contributed by atoms with van der Waals surface area (Å²) < 4.78 is 26.4. The molecule has 1 atom stereocenters. The van der Waals surface area contributed by atoms with Crippen molar-refractivity contribution in [3.8, 4) is 0 Å². The second kappa shape index (κ2) is 6.69. The normalized spacial score (nSPS) is 19.8. The number of rotatable bonds is 5. The van der Waals surface area contributed by atoms with Crippen LogP contribution < -0.4 is 15.8 Å². The van der Waals surface area contributed by atoms with Gasteiger partial charge in [-0.25, -0.2) is 13.1 Å². The standard InChI is InChI=1S/C13H21N3O2S2/c1-15-20(17,18)13-8-10(14)5-6-12(13)16-9-11-4-2-3-7-19-11/h5-6,8,11,15-16H,2-4,7,9,14H2,1H3. The molecule has 0 aromatic heterocycles. The molecule has 1 aliphatic heterocycles. The largest absolute Gasteiger partial charge is 0.399 e. The van der Waals surface area contributed by atoms with Crippen molar-refractivity contribution < 1.29 is 8.42 Å². The molecule has 1 saturated heterocycles. The van der Waals surface area contributed by atoms with E-state index >= 15 is 0 Å². The van der Waals surface area contributed by atoms with Gasteiger partial charge < -0.3 is 11.1 Å². The lowest BCUT2D eigenvalue weighted by Gasteiger charge is -2.22. The number of thioether (sulfide) groups is 1. The fourth-order valence-electron chi connectivity index (χ4n) is 2.21. The summed E-state index contributed by atoms with van der Waals surface area (Å²) in [6.45, 7) is 0.779. The number of nitrogens with one attached hydrogen (secondary N) is 2. The SMILES string of the molecule is CNS(=O)(=O)c1cc(N)ccc1NCC1CCCCS1. The Bertz CT molecular complexity index is 555. The van der Waals surface area contributed by atoms with Crippen LogP contribution in [0.4, 0.5) is 11.4 Å². The third-order valence-electron chi connectivity index (χ3n) is 3.36. The molecule has 1 aromatic rings. The minimum Gasteiger partial charge on any atom is -0.399 e. The molecule has 2 rings (SSSR count). The quantitative estimate of drug-likeness (QED) is 0.723. The Labute approximate surface area is 124 Å². The van der Waals surface area contributed by atoms with Gasteiger partial charge in [0.1, 0.15) is 4.90 Å². The molecule has 1 unspecified atom stereocenters. The van der Waals surface area contributed by atoms with Crippen molar-refractivity contribution in [2.24, 2.45) is 0 Å². The molecule has 20 heavy (non-hydrogen) atoms. The lowest BCUT2D eigenvalue weighted by atomic mass is 10.2. The second-order valence-electron chi connectivity index (χ2n) is 4.83. The van der Waals surface area contributed by atoms with E-state index in [2.05, 4.69) is 10.0 Å². The monoisotopic (exact) mass is 315 g/mol. The van der Waals surface area contributed by atoms with Gasteiger partial charge in [-0.1, -0.05) is 6.42 Å². The lowest BCUT2D eigenvalue weighted by Crippen LogP contribution is -2.23. The smallest absolute Gasteiger partial charge is 0.242 e.